The lowest BCUT2D eigenvalue weighted by Gasteiger charge is -2.33. The maximum atomic E-state index is 14.9. The predicted octanol–water partition coefficient (Wildman–Crippen LogP) is -3.83. The van der Waals surface area contributed by atoms with E-state index in [1.807, 2.05) is 14.0 Å². The van der Waals surface area contributed by atoms with E-state index < -0.39 is 163 Å². The highest BCUT2D eigenvalue weighted by atomic mass is 32.2. The number of nitrogens with two attached hydrogens (primary N) is 1. The number of fused-ring (bicyclic) bond motifs is 6. The molecule has 0 saturated carbocycles. The van der Waals surface area contributed by atoms with Gasteiger partial charge in [-0.1, -0.05) is 33.6 Å². The van der Waals surface area contributed by atoms with Gasteiger partial charge in [0.25, 0.3) is 0 Å². The van der Waals surface area contributed by atoms with Gasteiger partial charge in [-0.2, -0.15) is 0 Å². The summed E-state index contributed by atoms with van der Waals surface area (Å²) in [6.45, 7) is 3.86. The molecule has 6 aliphatic rings. The lowest BCUT2D eigenvalue weighted by Crippen LogP contribution is -2.62. The van der Waals surface area contributed by atoms with Gasteiger partial charge in [-0.25, -0.2) is 0 Å². The molecule has 12 atom stereocenters. The van der Waals surface area contributed by atoms with Crippen LogP contribution in [0.25, 0.3) is 10.9 Å². The van der Waals surface area contributed by atoms with E-state index in [1.54, 1.807) is 25.1 Å². The standard InChI is InChI=1S/C46H67N11O13S/c1-5-26-23(9-7-8-12-48-4)20-70-25-10-11-27-28-15-30-40(63)49-18-37(62)55-39(26)43(66)50-17-36(61)51-32(21-71(69)45(28)54-29(27)14-25)41(64)53-31(16-35(47)60)46(68)57-19-24(58)13-33(57)42(65)56-38(44(67)52-30)22(3)34(59)6-2/h10-11,14,22-24,26,30-34,38-39,48,54,58-59H,5-9,12-13,15-21H2,1-4H3,(H2,47,60)(H,49,63)(H,50,66)(H,51,61)(H,52,67)(H,53,64)(H,55,62)(H,56,65)/t22-,23?,24+,26+,30-,31-,32-,33-,34-,38-,39-,71?/m0/s1. The number of ether oxygens (including phenoxy) is 1. The maximum absolute atomic E-state index is 14.9. The van der Waals surface area contributed by atoms with Crippen LogP contribution in [0.2, 0.25) is 0 Å². The number of aromatic nitrogens is 1. The molecule has 71 heavy (non-hydrogen) atoms. The number of hydrogen-bond acceptors (Lipinski definition) is 14. The molecule has 8 bridgehead atoms. The first-order chi connectivity index (χ1) is 33.8. The molecule has 0 aliphatic carbocycles. The van der Waals surface area contributed by atoms with Crippen LogP contribution in [0.5, 0.6) is 5.75 Å². The van der Waals surface area contributed by atoms with E-state index in [1.165, 1.54) is 6.92 Å². The zero-order valence-electron chi connectivity index (χ0n) is 40.3. The maximum Gasteiger partial charge on any atom is 0.248 e. The lowest BCUT2D eigenvalue weighted by atomic mass is 9.80. The summed E-state index contributed by atoms with van der Waals surface area (Å²) in [6.07, 6.45) is -1.58. The fourth-order valence-electron chi connectivity index (χ4n) is 9.83. The normalized spacial score (nSPS) is 29.4. The number of aromatic amines is 1. The number of H-pyrrole nitrogens is 1. The van der Waals surface area contributed by atoms with Crippen molar-refractivity contribution in [2.45, 2.75) is 126 Å². The SMILES string of the molecule is CC[C@@H]1C(CCCCNC)COc2ccc3c4c([nH]c3c2)[S+]([O-])C[C@@H]2NC(=O)CNC(=O)[C@H]1NC(=O)CNC(=O)[C@H](C4)NC(=O)[C@H]([C@@H](C)[C@@H](O)CC)NC(=O)[C@@H]1C[C@@H](O)CN1C(=O)[C@H](CC(N)=O)NC2=O. The number of carbonyl (C=O) groups is 9. The third kappa shape index (κ3) is 13.3. The van der Waals surface area contributed by atoms with Crippen LogP contribution in [0.4, 0.5) is 0 Å². The van der Waals surface area contributed by atoms with Gasteiger partial charge in [-0.05, 0) is 56.8 Å². The number of nitrogens with zero attached hydrogens (tertiary/aromatic N) is 1. The zero-order chi connectivity index (χ0) is 51.7. The fraction of sp³-hybridized carbons (Fsp3) is 0.630. The van der Waals surface area contributed by atoms with Gasteiger partial charge >= 0.3 is 0 Å². The largest absolute Gasteiger partial charge is 0.610 e. The van der Waals surface area contributed by atoms with Gasteiger partial charge in [0.1, 0.15) is 41.7 Å². The van der Waals surface area contributed by atoms with E-state index in [0.717, 1.165) is 17.9 Å². The van der Waals surface area contributed by atoms with Crippen LogP contribution in [0, 0.1) is 17.8 Å². The molecule has 2 unspecified atom stereocenters. The van der Waals surface area contributed by atoms with Crippen LogP contribution in [0.1, 0.15) is 71.3 Å². The average molecular weight is 1010 g/mol. The number of aliphatic hydroxyl groups excluding tert-OH is 2. The van der Waals surface area contributed by atoms with Crippen molar-refractivity contribution >= 4 is 75.2 Å². The second-order valence-electron chi connectivity index (χ2n) is 18.7. The molecule has 1 fully saturated rings. The third-order valence-corrected chi connectivity index (χ3v) is 15.2. The number of aliphatic hydroxyl groups is 2. The van der Waals surface area contributed by atoms with Crippen LogP contribution >= 0.6 is 0 Å². The number of amides is 9. The third-order valence-electron chi connectivity index (χ3n) is 13.8. The van der Waals surface area contributed by atoms with Crippen LogP contribution in [-0.2, 0) is 60.7 Å². The van der Waals surface area contributed by atoms with Crippen LogP contribution in [0.3, 0.4) is 0 Å². The number of nitrogens with one attached hydrogen (secondary N) is 9. The van der Waals surface area contributed by atoms with Crippen LogP contribution in [-0.4, -0.2) is 172 Å². The highest BCUT2D eigenvalue weighted by Crippen LogP contribution is 2.33. The summed E-state index contributed by atoms with van der Waals surface area (Å²) in [4.78, 5) is 131. The Hall–Kier alpha value is -6.02. The van der Waals surface area contributed by atoms with Crippen molar-refractivity contribution in [2.24, 2.45) is 23.5 Å². The summed E-state index contributed by atoms with van der Waals surface area (Å²) >= 11 is -2.32. The molecule has 6 aliphatic heterocycles. The van der Waals surface area contributed by atoms with Crippen molar-refractivity contribution in [2.75, 3.05) is 45.6 Å². The van der Waals surface area contributed by atoms with Crippen molar-refractivity contribution in [3.8, 4) is 5.75 Å². The number of unbranched alkanes of at least 4 members (excludes halogenated alkanes) is 1. The molecule has 13 N–H and O–H groups in total. The molecule has 25 heteroatoms. The summed E-state index contributed by atoms with van der Waals surface area (Å²) in [7, 11) is 1.83. The van der Waals surface area contributed by atoms with E-state index in [0.29, 0.717) is 35.9 Å². The van der Waals surface area contributed by atoms with E-state index >= 15 is 0 Å². The Kier molecular flexibility index (Phi) is 18.7. The van der Waals surface area contributed by atoms with Gasteiger partial charge in [0.15, 0.2) is 6.04 Å². The summed E-state index contributed by atoms with van der Waals surface area (Å²) in [5.41, 5.74) is 6.12. The Morgan fingerprint density at radius 3 is 2.34 bits per heavy atom. The fourth-order valence-corrected chi connectivity index (χ4v) is 11.2. The summed E-state index contributed by atoms with van der Waals surface area (Å²) in [5.74, 6) is -11.0. The minimum absolute atomic E-state index is 0.0553. The molecule has 1 aromatic carbocycles. The number of carbonyl (C=O) groups excluding carboxylic acids is 9. The van der Waals surface area contributed by atoms with E-state index in [-0.39, 0.29) is 36.0 Å². The number of benzene rings is 1. The molecule has 1 saturated heterocycles. The first kappa shape index (κ1) is 54.3. The quantitative estimate of drug-likeness (QED) is 0.0759. The van der Waals surface area contributed by atoms with Crippen molar-refractivity contribution in [3.05, 3.63) is 23.8 Å². The molecular formula is C46H67N11O13S. The Morgan fingerprint density at radius 1 is 0.930 bits per heavy atom. The number of primary amides is 1. The summed E-state index contributed by atoms with van der Waals surface area (Å²) in [6, 6.07) is -4.63. The Labute approximate surface area is 413 Å². The Balaban J connectivity index is 1.58. The Morgan fingerprint density at radius 2 is 1.65 bits per heavy atom. The topological polar surface area (TPSA) is 368 Å². The smallest absolute Gasteiger partial charge is 0.248 e. The lowest BCUT2D eigenvalue weighted by molar-refractivity contribution is -0.144. The number of rotatable bonds is 11. The van der Waals surface area contributed by atoms with Gasteiger partial charge in [-0.3, -0.25) is 43.2 Å². The molecule has 7 heterocycles. The second kappa shape index (κ2) is 24.4. The van der Waals surface area contributed by atoms with E-state index in [2.05, 4.69) is 47.5 Å². The van der Waals surface area contributed by atoms with Crippen LogP contribution in [0.15, 0.2) is 23.2 Å². The average Bonchev–Trinajstić information content (AvgIpc) is 3.91. The van der Waals surface area contributed by atoms with Crippen molar-refractivity contribution in [1.82, 2.24) is 52.4 Å². The molecule has 0 spiro atoms. The monoisotopic (exact) mass is 1010 g/mol. The predicted molar refractivity (Wildman–Crippen MR) is 255 cm³/mol. The van der Waals surface area contributed by atoms with Gasteiger partial charge in [0, 0.05) is 53.5 Å². The summed E-state index contributed by atoms with van der Waals surface area (Å²) in [5, 5.41) is 43.4. The molecule has 1 aromatic heterocycles. The molecule has 8 rings (SSSR count). The van der Waals surface area contributed by atoms with Gasteiger partial charge < -0.3 is 77.7 Å². The van der Waals surface area contributed by atoms with E-state index in [4.69, 9.17) is 10.5 Å². The van der Waals surface area contributed by atoms with E-state index in [9.17, 15) is 57.9 Å². The zero-order valence-corrected chi connectivity index (χ0v) is 41.1. The van der Waals surface area contributed by atoms with Gasteiger partial charge in [-0.15, -0.1) is 0 Å². The van der Waals surface area contributed by atoms with Gasteiger partial charge in [0.2, 0.25) is 58.2 Å². The highest BCUT2D eigenvalue weighted by Gasteiger charge is 2.45. The second-order valence-corrected chi connectivity index (χ2v) is 20.1. The Bertz CT molecular complexity index is 2330. The van der Waals surface area contributed by atoms with Crippen LogP contribution < -0.4 is 53.0 Å². The highest BCUT2D eigenvalue weighted by molar-refractivity contribution is 7.91. The van der Waals surface area contributed by atoms with Gasteiger partial charge in [0.05, 0.1) is 43.8 Å². The molecule has 0 radical (unpaired) electrons. The molecule has 9 amide bonds. The first-order valence-electron chi connectivity index (χ1n) is 24.1. The van der Waals surface area contributed by atoms with Crippen molar-refractivity contribution in [1.29, 1.82) is 0 Å². The minimum atomic E-state index is -2.32. The summed E-state index contributed by atoms with van der Waals surface area (Å²) < 4.78 is 21.3. The molecule has 390 valence electrons. The minimum Gasteiger partial charge on any atom is -0.610 e. The number of hydrogen-bond donors (Lipinski definition) is 12. The van der Waals surface area contributed by atoms with Crippen molar-refractivity contribution in [3.63, 3.8) is 0 Å². The molecule has 2 aromatic rings. The van der Waals surface area contributed by atoms with Crippen molar-refractivity contribution < 1.29 is 62.7 Å². The first-order valence-corrected chi connectivity index (χ1v) is 25.5. The molecule has 24 nitrogen and oxygen atoms in total. The molecular weight excluding hydrogens is 947 g/mol.